The van der Waals surface area contributed by atoms with Gasteiger partial charge >= 0.3 is 0 Å². The lowest BCUT2D eigenvalue weighted by molar-refractivity contribution is 0.880. The first kappa shape index (κ1) is 6.68. The van der Waals surface area contributed by atoms with Gasteiger partial charge in [-0.1, -0.05) is 0 Å². The third-order valence-electron chi connectivity index (χ3n) is 1.42. The molecule has 11 heavy (non-hydrogen) atoms. The molecule has 0 aliphatic carbocycles. The van der Waals surface area contributed by atoms with Crippen LogP contribution in [-0.4, -0.2) is 29.6 Å². The second kappa shape index (κ2) is 2.24. The Hall–Kier alpha value is -1.01. The summed E-state index contributed by atoms with van der Waals surface area (Å²) in [6, 6.07) is 0. The molecule has 0 radical (unpaired) electrons. The van der Waals surface area contributed by atoms with Gasteiger partial charge in [-0.2, -0.15) is 0 Å². The Kier molecular flexibility index (Phi) is 1.36. The quantitative estimate of drug-likeness (QED) is 0.551. The van der Waals surface area contributed by atoms with Gasteiger partial charge in [0.05, 0.1) is 6.21 Å². The van der Waals surface area contributed by atoms with E-state index in [1.54, 1.807) is 6.21 Å². The number of hydrogen-bond acceptors (Lipinski definition) is 6. The van der Waals surface area contributed by atoms with Crippen LogP contribution in [0.4, 0.5) is 0 Å². The largest absolute Gasteiger partial charge is 0.274 e. The van der Waals surface area contributed by atoms with Gasteiger partial charge < -0.3 is 0 Å². The Labute approximate surface area is 67.4 Å². The van der Waals surface area contributed by atoms with Crippen molar-refractivity contribution >= 4 is 36.6 Å². The molecule has 0 fully saturated rings. The van der Waals surface area contributed by atoms with Crippen LogP contribution in [0.1, 0.15) is 0 Å². The van der Waals surface area contributed by atoms with E-state index < -0.39 is 4.99 Å². The number of hydrogen-bond donors (Lipinski definition) is 1. The molecule has 2 N–H and O–H groups in total. The Morgan fingerprint density at radius 3 is 2.91 bits per heavy atom. The summed E-state index contributed by atoms with van der Waals surface area (Å²) in [5, 5.41) is 5.43. The van der Waals surface area contributed by atoms with Crippen molar-refractivity contribution in [1.82, 2.24) is 0 Å². The molecule has 0 spiro atoms. The Balaban J connectivity index is 2.46. The number of nitrogens with two attached hydrogens (primary N) is 1. The molecule has 0 aromatic carbocycles. The molecule has 1 atom stereocenters. The lowest BCUT2D eigenvalue weighted by Gasteiger charge is -2.18. The van der Waals surface area contributed by atoms with Crippen LogP contribution in [0.15, 0.2) is 20.0 Å². The summed E-state index contributed by atoms with van der Waals surface area (Å²) in [6.07, 6.45) is 4.49. The molecule has 0 saturated carbocycles. The van der Waals surface area contributed by atoms with Gasteiger partial charge in [-0.3, -0.25) is 5.14 Å². The van der Waals surface area contributed by atoms with E-state index in [0.717, 1.165) is 11.9 Å². The van der Waals surface area contributed by atoms with Crippen molar-refractivity contribution in [2.75, 3.05) is 0 Å². The zero-order valence-electron chi connectivity index (χ0n) is 5.51. The molecule has 5 nitrogen and oxygen atoms in total. The molecule has 0 saturated heterocycles. The smallest absolute Gasteiger partial charge is 0.258 e. The van der Waals surface area contributed by atoms with Crippen LogP contribution in [0.3, 0.4) is 0 Å². The van der Waals surface area contributed by atoms with E-state index in [0.29, 0.717) is 5.71 Å². The number of rotatable bonds is 1. The molecular weight excluding hydrogens is 162 g/mol. The highest BCUT2D eigenvalue weighted by molar-refractivity contribution is 7.99. The van der Waals surface area contributed by atoms with Gasteiger partial charge in [-0.15, -0.1) is 0 Å². The molecule has 0 amide bonds. The van der Waals surface area contributed by atoms with Gasteiger partial charge in [0, 0.05) is 0 Å². The van der Waals surface area contributed by atoms with E-state index in [9.17, 15) is 0 Å². The maximum absolute atomic E-state index is 5.43. The van der Waals surface area contributed by atoms with Gasteiger partial charge in [-0.25, -0.2) is 20.0 Å². The Morgan fingerprint density at radius 1 is 1.36 bits per heavy atom. The summed E-state index contributed by atoms with van der Waals surface area (Å²) >= 11 is 1.05. The Morgan fingerprint density at radius 2 is 2.18 bits per heavy atom. The molecule has 2 aliphatic heterocycles. The topological polar surface area (TPSA) is 75.5 Å². The highest BCUT2D eigenvalue weighted by atomic mass is 32.2. The van der Waals surface area contributed by atoms with Gasteiger partial charge in [0.1, 0.15) is 18.4 Å². The van der Waals surface area contributed by atoms with Crippen molar-refractivity contribution in [2.24, 2.45) is 25.1 Å². The summed E-state index contributed by atoms with van der Waals surface area (Å²) in [6.45, 7) is 0. The number of fused-ring (bicyclic) bond motifs is 1. The first-order chi connectivity index (χ1) is 5.37. The molecular formula is C5H5N5S. The minimum absolute atomic E-state index is 0.688. The highest BCUT2D eigenvalue weighted by Gasteiger charge is 2.37. The van der Waals surface area contributed by atoms with Crippen LogP contribution in [0.25, 0.3) is 0 Å². The van der Waals surface area contributed by atoms with Crippen LogP contribution in [0.5, 0.6) is 0 Å². The zero-order valence-corrected chi connectivity index (χ0v) is 6.32. The van der Waals surface area contributed by atoms with Crippen molar-refractivity contribution in [2.45, 2.75) is 4.99 Å². The molecule has 6 heteroatoms. The van der Waals surface area contributed by atoms with Gasteiger partial charge in [0.2, 0.25) is 0 Å². The molecule has 1 unspecified atom stereocenters. The van der Waals surface area contributed by atoms with Crippen molar-refractivity contribution < 1.29 is 0 Å². The van der Waals surface area contributed by atoms with Crippen molar-refractivity contribution in [3.05, 3.63) is 0 Å². The summed E-state index contributed by atoms with van der Waals surface area (Å²) < 4.78 is 0. The summed E-state index contributed by atoms with van der Waals surface area (Å²) in [5.41, 5.74) is 0.688. The minimum Gasteiger partial charge on any atom is -0.274 e. The lowest BCUT2D eigenvalue weighted by Crippen LogP contribution is -2.33. The molecule has 2 aliphatic rings. The van der Waals surface area contributed by atoms with Gasteiger partial charge in [0.25, 0.3) is 4.99 Å². The van der Waals surface area contributed by atoms with Crippen LogP contribution in [-0.2, 0) is 0 Å². The SMILES string of the molecule is NSC12N=CN=CC1=NC=N2. The second-order valence-electron chi connectivity index (χ2n) is 2.01. The predicted molar refractivity (Wildman–Crippen MR) is 47.4 cm³/mol. The fourth-order valence-corrected chi connectivity index (χ4v) is 1.32. The Bertz CT molecular complexity index is 291. The van der Waals surface area contributed by atoms with Crippen LogP contribution >= 0.6 is 11.9 Å². The van der Waals surface area contributed by atoms with Crippen molar-refractivity contribution in [3.8, 4) is 0 Å². The van der Waals surface area contributed by atoms with Crippen LogP contribution < -0.4 is 5.14 Å². The fraction of sp³-hybridized carbons (Fsp3) is 0.200. The number of nitrogens with zero attached hydrogens (tertiary/aromatic N) is 4. The molecule has 0 aromatic heterocycles. The van der Waals surface area contributed by atoms with E-state index in [-0.39, 0.29) is 0 Å². The van der Waals surface area contributed by atoms with E-state index in [2.05, 4.69) is 20.0 Å². The van der Waals surface area contributed by atoms with Crippen molar-refractivity contribution in [1.29, 1.82) is 0 Å². The third-order valence-corrected chi connectivity index (χ3v) is 2.17. The first-order valence-electron chi connectivity index (χ1n) is 2.94. The van der Waals surface area contributed by atoms with E-state index in [4.69, 9.17) is 5.14 Å². The molecule has 0 aromatic rings. The average molecular weight is 167 g/mol. The lowest BCUT2D eigenvalue weighted by atomic mass is 10.3. The van der Waals surface area contributed by atoms with Crippen LogP contribution in [0.2, 0.25) is 0 Å². The minimum atomic E-state index is -0.734. The average Bonchev–Trinajstić information content (AvgIpc) is 2.48. The summed E-state index contributed by atoms with van der Waals surface area (Å²) in [5.74, 6) is 0. The fourth-order valence-electron chi connectivity index (χ4n) is 0.873. The normalized spacial score (nSPS) is 32.3. The van der Waals surface area contributed by atoms with Gasteiger partial charge in [0.15, 0.2) is 0 Å². The second-order valence-corrected chi connectivity index (χ2v) is 2.81. The number of aliphatic imine (C=N–C) groups is 4. The molecule has 2 rings (SSSR count). The highest BCUT2D eigenvalue weighted by Crippen LogP contribution is 2.29. The van der Waals surface area contributed by atoms with Crippen molar-refractivity contribution in [3.63, 3.8) is 0 Å². The molecule has 2 heterocycles. The van der Waals surface area contributed by atoms with E-state index in [1.807, 2.05) is 0 Å². The monoisotopic (exact) mass is 167 g/mol. The summed E-state index contributed by atoms with van der Waals surface area (Å²) in [4.78, 5) is 15.1. The van der Waals surface area contributed by atoms with E-state index in [1.165, 1.54) is 12.7 Å². The first-order valence-corrected chi connectivity index (χ1v) is 3.82. The molecule has 0 bridgehead atoms. The zero-order chi connectivity index (χ0) is 7.73. The molecule has 56 valence electrons. The van der Waals surface area contributed by atoms with Gasteiger partial charge in [-0.05, 0) is 11.9 Å². The van der Waals surface area contributed by atoms with Crippen LogP contribution in [0, 0.1) is 0 Å². The third kappa shape index (κ3) is 0.831. The summed E-state index contributed by atoms with van der Waals surface area (Å²) in [7, 11) is 0. The maximum atomic E-state index is 5.43. The predicted octanol–water partition coefficient (Wildman–Crippen LogP) is -0.157. The maximum Gasteiger partial charge on any atom is 0.258 e. The van der Waals surface area contributed by atoms with E-state index >= 15 is 0 Å². The standard InChI is InChI=1S/C5H5N5S/c6-11-5-4(8-3-10-5)1-7-2-9-5/h1-3H,6H2.